The van der Waals surface area contributed by atoms with Crippen molar-refractivity contribution in [3.8, 4) is 0 Å². The Labute approximate surface area is 96.4 Å². The van der Waals surface area contributed by atoms with Gasteiger partial charge in [0.05, 0.1) is 0 Å². The summed E-state index contributed by atoms with van der Waals surface area (Å²) >= 11 is 0. The first-order valence-electron chi connectivity index (χ1n) is 5.49. The number of benzene rings is 1. The molecule has 0 radical (unpaired) electrons. The van der Waals surface area contributed by atoms with Crippen LogP contribution in [0.5, 0.6) is 0 Å². The molecule has 2 amide bonds. The van der Waals surface area contributed by atoms with Gasteiger partial charge in [0.1, 0.15) is 0 Å². The summed E-state index contributed by atoms with van der Waals surface area (Å²) in [5.41, 5.74) is 1.96. The maximum absolute atomic E-state index is 11.3. The third-order valence-corrected chi connectivity index (χ3v) is 2.41. The van der Waals surface area contributed by atoms with Crippen molar-refractivity contribution >= 4 is 11.7 Å². The third kappa shape index (κ3) is 3.55. The molecule has 0 aliphatic rings. The second-order valence-electron chi connectivity index (χ2n) is 3.62. The lowest BCUT2D eigenvalue weighted by atomic mass is 10.1. The molecule has 1 aromatic carbocycles. The number of anilines is 1. The van der Waals surface area contributed by atoms with Crippen molar-refractivity contribution in [3.05, 3.63) is 29.8 Å². The van der Waals surface area contributed by atoms with Gasteiger partial charge in [-0.15, -0.1) is 0 Å². The van der Waals surface area contributed by atoms with Crippen LogP contribution in [0.4, 0.5) is 10.5 Å². The molecule has 0 aromatic heterocycles. The van der Waals surface area contributed by atoms with E-state index in [1.165, 1.54) is 0 Å². The minimum atomic E-state index is -0.170. The fraction of sp³-hybridized carbons (Fsp3) is 0.417. The molecule has 4 nitrogen and oxygen atoms in total. The Kier molecular flexibility index (Phi) is 4.79. The van der Waals surface area contributed by atoms with Gasteiger partial charge in [0.25, 0.3) is 0 Å². The number of rotatable bonds is 4. The molecule has 0 fully saturated rings. The Hall–Kier alpha value is -1.55. The highest BCUT2D eigenvalue weighted by atomic mass is 16.2. The summed E-state index contributed by atoms with van der Waals surface area (Å²) in [5.74, 6) is 0. The predicted octanol–water partition coefficient (Wildman–Crippen LogP) is 2.11. The van der Waals surface area contributed by atoms with Crippen LogP contribution in [0.3, 0.4) is 0 Å². The zero-order valence-electron chi connectivity index (χ0n) is 10.0. The first kappa shape index (κ1) is 12.5. The van der Waals surface area contributed by atoms with Crippen molar-refractivity contribution in [2.75, 3.05) is 18.9 Å². The first-order valence-corrected chi connectivity index (χ1v) is 5.49. The van der Waals surface area contributed by atoms with E-state index in [1.54, 1.807) is 0 Å². The van der Waals surface area contributed by atoms with Gasteiger partial charge >= 0.3 is 6.03 Å². The van der Waals surface area contributed by atoms with Gasteiger partial charge in [-0.25, -0.2) is 4.79 Å². The average Bonchev–Trinajstić information content (AvgIpc) is 2.28. The summed E-state index contributed by atoms with van der Waals surface area (Å²) in [6.45, 7) is 4.59. The van der Waals surface area contributed by atoms with E-state index in [-0.39, 0.29) is 12.1 Å². The summed E-state index contributed by atoms with van der Waals surface area (Å²) in [6, 6.07) is 7.92. The van der Waals surface area contributed by atoms with Crippen LogP contribution in [-0.4, -0.2) is 19.6 Å². The van der Waals surface area contributed by atoms with Crippen molar-refractivity contribution in [2.45, 2.75) is 19.9 Å². The smallest absolute Gasteiger partial charge is 0.319 e. The Morgan fingerprint density at radius 1 is 1.44 bits per heavy atom. The zero-order chi connectivity index (χ0) is 12.0. The topological polar surface area (TPSA) is 53.2 Å². The van der Waals surface area contributed by atoms with Gasteiger partial charge in [0, 0.05) is 18.3 Å². The van der Waals surface area contributed by atoms with E-state index in [0.717, 1.165) is 11.3 Å². The highest BCUT2D eigenvalue weighted by Gasteiger charge is 2.04. The van der Waals surface area contributed by atoms with Gasteiger partial charge in [0.15, 0.2) is 0 Å². The second-order valence-corrected chi connectivity index (χ2v) is 3.62. The lowest BCUT2D eigenvalue weighted by molar-refractivity contribution is 0.252. The van der Waals surface area contributed by atoms with E-state index in [2.05, 4.69) is 22.9 Å². The average molecular weight is 221 g/mol. The predicted molar refractivity (Wildman–Crippen MR) is 66.6 cm³/mol. The quantitative estimate of drug-likeness (QED) is 0.729. The molecule has 0 saturated carbocycles. The van der Waals surface area contributed by atoms with Crippen molar-refractivity contribution < 1.29 is 4.79 Å². The Bertz CT molecular complexity index is 352. The lowest BCUT2D eigenvalue weighted by Gasteiger charge is -2.12. The van der Waals surface area contributed by atoms with Crippen LogP contribution in [0.25, 0.3) is 0 Å². The number of hydrogen-bond donors (Lipinski definition) is 3. The summed E-state index contributed by atoms with van der Waals surface area (Å²) in [5, 5.41) is 8.63. The molecular weight excluding hydrogens is 202 g/mol. The standard InChI is InChI=1S/C12H19N3O/c1-4-14-12(16)15-11-7-5-6-10(8-11)9(2)13-3/h5-9,13H,4H2,1-3H3,(H2,14,15,16). The molecule has 1 atom stereocenters. The molecule has 0 aliphatic carbocycles. The molecule has 1 unspecified atom stereocenters. The third-order valence-electron chi connectivity index (χ3n) is 2.41. The van der Waals surface area contributed by atoms with E-state index in [0.29, 0.717) is 6.54 Å². The Balaban J connectivity index is 2.71. The molecule has 16 heavy (non-hydrogen) atoms. The summed E-state index contributed by atoms with van der Waals surface area (Å²) < 4.78 is 0. The highest BCUT2D eigenvalue weighted by molar-refractivity contribution is 5.89. The van der Waals surface area contributed by atoms with Crippen LogP contribution in [0.1, 0.15) is 25.5 Å². The Morgan fingerprint density at radius 2 is 2.19 bits per heavy atom. The molecule has 0 saturated heterocycles. The molecule has 0 aliphatic heterocycles. The van der Waals surface area contributed by atoms with Gasteiger partial charge in [-0.3, -0.25) is 0 Å². The van der Waals surface area contributed by atoms with Crippen molar-refractivity contribution in [1.82, 2.24) is 10.6 Å². The van der Waals surface area contributed by atoms with Crippen molar-refractivity contribution in [1.29, 1.82) is 0 Å². The van der Waals surface area contributed by atoms with Crippen molar-refractivity contribution in [2.24, 2.45) is 0 Å². The normalized spacial score (nSPS) is 11.9. The van der Waals surface area contributed by atoms with E-state index in [1.807, 2.05) is 38.2 Å². The molecule has 3 N–H and O–H groups in total. The van der Waals surface area contributed by atoms with Crippen LogP contribution in [-0.2, 0) is 0 Å². The van der Waals surface area contributed by atoms with Gasteiger partial charge in [-0.1, -0.05) is 12.1 Å². The number of carbonyl (C=O) groups excluding carboxylic acids is 1. The monoisotopic (exact) mass is 221 g/mol. The van der Waals surface area contributed by atoms with Crippen molar-refractivity contribution in [3.63, 3.8) is 0 Å². The molecule has 0 heterocycles. The fourth-order valence-electron chi connectivity index (χ4n) is 1.39. The van der Waals surface area contributed by atoms with Gasteiger partial charge < -0.3 is 16.0 Å². The van der Waals surface area contributed by atoms with Crippen LogP contribution in [0.15, 0.2) is 24.3 Å². The number of carbonyl (C=O) groups is 1. The summed E-state index contributed by atoms with van der Waals surface area (Å²) in [7, 11) is 1.91. The van der Waals surface area contributed by atoms with Gasteiger partial charge in [-0.05, 0) is 38.6 Å². The Morgan fingerprint density at radius 3 is 2.81 bits per heavy atom. The highest BCUT2D eigenvalue weighted by Crippen LogP contribution is 2.16. The maximum atomic E-state index is 11.3. The largest absolute Gasteiger partial charge is 0.338 e. The van der Waals surface area contributed by atoms with Crippen LogP contribution in [0.2, 0.25) is 0 Å². The van der Waals surface area contributed by atoms with Crippen LogP contribution in [0, 0.1) is 0 Å². The molecule has 1 aromatic rings. The number of hydrogen-bond acceptors (Lipinski definition) is 2. The van der Waals surface area contributed by atoms with E-state index in [9.17, 15) is 4.79 Å². The fourth-order valence-corrected chi connectivity index (χ4v) is 1.39. The van der Waals surface area contributed by atoms with Crippen LogP contribution >= 0.6 is 0 Å². The second kappa shape index (κ2) is 6.12. The molecule has 88 valence electrons. The van der Waals surface area contributed by atoms with Crippen LogP contribution < -0.4 is 16.0 Å². The lowest BCUT2D eigenvalue weighted by Crippen LogP contribution is -2.28. The van der Waals surface area contributed by atoms with Gasteiger partial charge in [0.2, 0.25) is 0 Å². The SMILES string of the molecule is CCNC(=O)Nc1cccc(C(C)NC)c1. The number of amides is 2. The molecular formula is C12H19N3O. The van der Waals surface area contributed by atoms with Gasteiger partial charge in [-0.2, -0.15) is 0 Å². The molecule has 0 spiro atoms. The minimum Gasteiger partial charge on any atom is -0.338 e. The molecule has 1 rings (SSSR count). The zero-order valence-corrected chi connectivity index (χ0v) is 10.0. The van der Waals surface area contributed by atoms with E-state index in [4.69, 9.17) is 0 Å². The molecule has 4 heteroatoms. The molecule has 0 bridgehead atoms. The number of urea groups is 1. The summed E-state index contributed by atoms with van der Waals surface area (Å²) in [6.07, 6.45) is 0. The maximum Gasteiger partial charge on any atom is 0.319 e. The van der Waals surface area contributed by atoms with E-state index < -0.39 is 0 Å². The first-order chi connectivity index (χ1) is 7.67. The van der Waals surface area contributed by atoms with E-state index >= 15 is 0 Å². The minimum absolute atomic E-state index is 0.170. The number of nitrogens with one attached hydrogen (secondary N) is 3. The summed E-state index contributed by atoms with van der Waals surface area (Å²) in [4.78, 5) is 11.3.